The number of carboxylic acids is 1. The molecule has 6 nitrogen and oxygen atoms in total. The van der Waals surface area contributed by atoms with E-state index in [9.17, 15) is 4.79 Å². The van der Waals surface area contributed by atoms with Crippen molar-refractivity contribution < 1.29 is 9.90 Å². The first-order valence-corrected chi connectivity index (χ1v) is 4.79. The Labute approximate surface area is 93.2 Å². The Bertz CT molecular complexity index is 427. The molecule has 1 aromatic heterocycles. The van der Waals surface area contributed by atoms with Crippen molar-refractivity contribution in [2.24, 2.45) is 0 Å². The average Bonchev–Trinajstić information content (AvgIpc) is 2.29. The second kappa shape index (κ2) is 5.07. The molecule has 0 saturated carbocycles. The van der Waals surface area contributed by atoms with E-state index in [1.165, 1.54) is 17.2 Å². The maximum Gasteiger partial charge on any atom is 0.326 e. The van der Waals surface area contributed by atoms with Gasteiger partial charge in [-0.2, -0.15) is 5.26 Å². The molecule has 1 aromatic rings. The van der Waals surface area contributed by atoms with E-state index in [4.69, 9.17) is 10.4 Å². The smallest absolute Gasteiger partial charge is 0.326 e. The van der Waals surface area contributed by atoms with Crippen molar-refractivity contribution in [2.75, 3.05) is 11.9 Å². The summed E-state index contributed by atoms with van der Waals surface area (Å²) in [4.78, 5) is 20.3. The molecule has 0 aromatic carbocycles. The largest absolute Gasteiger partial charge is 0.480 e. The molecule has 1 rings (SSSR count). The van der Waals surface area contributed by atoms with Crippen LogP contribution < -0.4 is 4.90 Å². The Morgan fingerprint density at radius 3 is 2.94 bits per heavy atom. The molecule has 16 heavy (non-hydrogen) atoms. The predicted octanol–water partition coefficient (Wildman–Crippen LogP) is 0.648. The lowest BCUT2D eigenvalue weighted by Gasteiger charge is -2.23. The quantitative estimate of drug-likeness (QED) is 0.801. The summed E-state index contributed by atoms with van der Waals surface area (Å²) in [5.41, 5.74) is 0.220. The zero-order chi connectivity index (χ0) is 12.1. The van der Waals surface area contributed by atoms with Gasteiger partial charge in [-0.1, -0.05) is 6.92 Å². The highest BCUT2D eigenvalue weighted by Crippen LogP contribution is 2.11. The SMILES string of the molecule is CCC(C(=O)O)N(C)c1nccc(C#N)n1. The Morgan fingerprint density at radius 2 is 2.44 bits per heavy atom. The monoisotopic (exact) mass is 220 g/mol. The number of aromatic nitrogens is 2. The van der Waals surface area contributed by atoms with E-state index in [-0.39, 0.29) is 11.6 Å². The van der Waals surface area contributed by atoms with Crippen LogP contribution in [0, 0.1) is 11.3 Å². The number of hydrogen-bond acceptors (Lipinski definition) is 5. The minimum absolute atomic E-state index is 0.220. The van der Waals surface area contributed by atoms with Crippen molar-refractivity contribution in [1.29, 1.82) is 5.26 Å². The number of likely N-dealkylation sites (N-methyl/N-ethyl adjacent to an activating group) is 1. The second-order valence-electron chi connectivity index (χ2n) is 3.23. The second-order valence-corrected chi connectivity index (χ2v) is 3.23. The van der Waals surface area contributed by atoms with Gasteiger partial charge in [-0.05, 0) is 12.5 Å². The average molecular weight is 220 g/mol. The van der Waals surface area contributed by atoms with E-state index < -0.39 is 12.0 Å². The van der Waals surface area contributed by atoms with Crippen molar-refractivity contribution in [2.45, 2.75) is 19.4 Å². The summed E-state index contributed by atoms with van der Waals surface area (Å²) >= 11 is 0. The molecule has 0 aliphatic rings. The van der Waals surface area contributed by atoms with Crippen molar-refractivity contribution >= 4 is 11.9 Å². The van der Waals surface area contributed by atoms with Crippen molar-refractivity contribution in [3.63, 3.8) is 0 Å². The topological polar surface area (TPSA) is 90.1 Å². The van der Waals surface area contributed by atoms with Gasteiger partial charge in [0.2, 0.25) is 5.95 Å². The molecule has 0 bridgehead atoms. The van der Waals surface area contributed by atoms with Crippen molar-refractivity contribution in [1.82, 2.24) is 9.97 Å². The highest BCUT2D eigenvalue weighted by molar-refractivity contribution is 5.77. The molecule has 84 valence electrons. The fraction of sp³-hybridized carbons (Fsp3) is 0.400. The fourth-order valence-corrected chi connectivity index (χ4v) is 1.33. The van der Waals surface area contributed by atoms with Crippen LogP contribution in [0.2, 0.25) is 0 Å². The first-order valence-electron chi connectivity index (χ1n) is 4.79. The van der Waals surface area contributed by atoms with E-state index in [1.807, 2.05) is 6.07 Å². The molecule has 0 saturated heterocycles. The van der Waals surface area contributed by atoms with Gasteiger partial charge in [-0.25, -0.2) is 14.8 Å². The lowest BCUT2D eigenvalue weighted by molar-refractivity contribution is -0.138. The lowest BCUT2D eigenvalue weighted by atomic mass is 10.2. The number of carbonyl (C=O) groups is 1. The third-order valence-electron chi connectivity index (χ3n) is 2.21. The van der Waals surface area contributed by atoms with Gasteiger partial charge in [0.1, 0.15) is 17.8 Å². The number of hydrogen-bond donors (Lipinski definition) is 1. The van der Waals surface area contributed by atoms with Crippen molar-refractivity contribution in [3.8, 4) is 6.07 Å². The molecule has 1 heterocycles. The molecule has 1 atom stereocenters. The summed E-state index contributed by atoms with van der Waals surface area (Å²) < 4.78 is 0. The molecule has 0 radical (unpaired) electrons. The molecular weight excluding hydrogens is 208 g/mol. The maximum atomic E-state index is 10.9. The summed E-state index contributed by atoms with van der Waals surface area (Å²) in [7, 11) is 1.60. The first kappa shape index (κ1) is 11.9. The van der Waals surface area contributed by atoms with E-state index in [2.05, 4.69) is 9.97 Å². The molecule has 1 N–H and O–H groups in total. The van der Waals surface area contributed by atoms with Crippen LogP contribution in [-0.2, 0) is 4.79 Å². The molecule has 0 spiro atoms. The van der Waals surface area contributed by atoms with E-state index in [0.717, 1.165) is 0 Å². The van der Waals surface area contributed by atoms with Gasteiger partial charge in [-0.15, -0.1) is 0 Å². The van der Waals surface area contributed by atoms with Crippen LogP contribution in [0.15, 0.2) is 12.3 Å². The third-order valence-corrected chi connectivity index (χ3v) is 2.21. The Kier molecular flexibility index (Phi) is 3.78. The van der Waals surface area contributed by atoms with Gasteiger partial charge in [-0.3, -0.25) is 0 Å². The van der Waals surface area contributed by atoms with Crippen LogP contribution in [-0.4, -0.2) is 34.1 Å². The third kappa shape index (κ3) is 2.45. The number of carboxylic acid groups (broad SMARTS) is 1. The zero-order valence-electron chi connectivity index (χ0n) is 9.08. The maximum absolute atomic E-state index is 10.9. The van der Waals surface area contributed by atoms with Crippen LogP contribution in [0.4, 0.5) is 5.95 Å². The summed E-state index contributed by atoms with van der Waals surface area (Å²) in [5, 5.41) is 17.6. The molecule has 0 fully saturated rings. The molecule has 1 unspecified atom stereocenters. The summed E-state index contributed by atoms with van der Waals surface area (Å²) in [6.45, 7) is 1.77. The van der Waals surface area contributed by atoms with Crippen LogP contribution in [0.1, 0.15) is 19.0 Å². The zero-order valence-corrected chi connectivity index (χ0v) is 9.08. The van der Waals surface area contributed by atoms with E-state index in [0.29, 0.717) is 6.42 Å². The standard InChI is InChI=1S/C10H12N4O2/c1-3-8(9(15)16)14(2)10-12-5-4-7(6-11)13-10/h4-5,8H,3H2,1-2H3,(H,15,16). The van der Waals surface area contributed by atoms with Gasteiger partial charge < -0.3 is 10.0 Å². The molecule has 0 aliphatic carbocycles. The van der Waals surface area contributed by atoms with E-state index in [1.54, 1.807) is 14.0 Å². The number of nitriles is 1. The Balaban J connectivity index is 2.99. The summed E-state index contributed by atoms with van der Waals surface area (Å²) in [6, 6.07) is 2.67. The lowest BCUT2D eigenvalue weighted by Crippen LogP contribution is -2.39. The highest BCUT2D eigenvalue weighted by atomic mass is 16.4. The first-order chi connectivity index (χ1) is 7.60. The Morgan fingerprint density at radius 1 is 1.75 bits per heavy atom. The van der Waals surface area contributed by atoms with Crippen LogP contribution >= 0.6 is 0 Å². The van der Waals surface area contributed by atoms with Gasteiger partial charge in [0.15, 0.2) is 0 Å². The molecule has 0 aliphatic heterocycles. The molecular formula is C10H12N4O2. The van der Waals surface area contributed by atoms with Gasteiger partial charge >= 0.3 is 5.97 Å². The van der Waals surface area contributed by atoms with E-state index >= 15 is 0 Å². The Hall–Kier alpha value is -2.16. The number of nitrogens with zero attached hydrogens (tertiary/aromatic N) is 4. The number of aliphatic carboxylic acids is 1. The molecule has 0 amide bonds. The highest BCUT2D eigenvalue weighted by Gasteiger charge is 2.22. The van der Waals surface area contributed by atoms with Crippen LogP contribution in [0.5, 0.6) is 0 Å². The minimum Gasteiger partial charge on any atom is -0.480 e. The van der Waals surface area contributed by atoms with Crippen molar-refractivity contribution in [3.05, 3.63) is 18.0 Å². The van der Waals surface area contributed by atoms with Crippen LogP contribution in [0.3, 0.4) is 0 Å². The normalized spacial score (nSPS) is 11.6. The van der Waals surface area contributed by atoms with Crippen LogP contribution in [0.25, 0.3) is 0 Å². The van der Waals surface area contributed by atoms with Gasteiger partial charge in [0, 0.05) is 13.2 Å². The number of anilines is 1. The summed E-state index contributed by atoms with van der Waals surface area (Å²) in [5.74, 6) is -0.690. The van der Waals surface area contributed by atoms with Gasteiger partial charge in [0.25, 0.3) is 0 Å². The number of rotatable bonds is 4. The molecule has 6 heteroatoms. The van der Waals surface area contributed by atoms with Gasteiger partial charge in [0.05, 0.1) is 0 Å². The fourth-order valence-electron chi connectivity index (χ4n) is 1.33. The minimum atomic E-state index is -0.934. The predicted molar refractivity (Wildman–Crippen MR) is 56.9 cm³/mol. The summed E-state index contributed by atoms with van der Waals surface area (Å²) in [6.07, 6.45) is 1.87.